The molecule has 0 aliphatic heterocycles. The van der Waals surface area contributed by atoms with E-state index >= 15 is 0 Å². The van der Waals surface area contributed by atoms with Crippen LogP contribution in [0.15, 0.2) is 66.7 Å². The van der Waals surface area contributed by atoms with Gasteiger partial charge in [-0.3, -0.25) is 4.79 Å². The molecule has 1 amide bonds. The van der Waals surface area contributed by atoms with Crippen LogP contribution in [0.25, 0.3) is 10.2 Å². The monoisotopic (exact) mass is 443 g/mol. The van der Waals surface area contributed by atoms with Crippen LogP contribution in [0.3, 0.4) is 0 Å². The minimum absolute atomic E-state index is 0.0206. The standard InChI is InChI=1S/C27H29N3OS/c1-4-5-16-28-23(20-12-8-6-9-13-20)25-24(30-26(31)21-14-10-7-11-15-21)22-18(2)17-19(3)29-27(22)32-25/h6-15,17,23,28H,4-5,16H2,1-3H3,(H,30,31)/t23-/m1/s1. The Bertz CT molecular complexity index is 1200. The lowest BCUT2D eigenvalue weighted by atomic mass is 10.0. The number of aromatic nitrogens is 1. The summed E-state index contributed by atoms with van der Waals surface area (Å²) in [7, 11) is 0. The van der Waals surface area contributed by atoms with Gasteiger partial charge >= 0.3 is 0 Å². The molecular formula is C27H29N3OS. The van der Waals surface area contributed by atoms with E-state index in [0.29, 0.717) is 5.56 Å². The van der Waals surface area contributed by atoms with E-state index in [-0.39, 0.29) is 11.9 Å². The lowest BCUT2D eigenvalue weighted by molar-refractivity contribution is 0.102. The second-order valence-corrected chi connectivity index (χ2v) is 9.10. The molecule has 0 unspecified atom stereocenters. The second kappa shape index (κ2) is 10.1. The predicted octanol–water partition coefficient (Wildman–Crippen LogP) is 6.64. The van der Waals surface area contributed by atoms with Gasteiger partial charge < -0.3 is 10.6 Å². The Morgan fingerprint density at radius 3 is 2.41 bits per heavy atom. The zero-order valence-corrected chi connectivity index (χ0v) is 19.6. The van der Waals surface area contributed by atoms with E-state index < -0.39 is 0 Å². The number of amides is 1. The molecule has 4 aromatic rings. The number of aryl methyl sites for hydroxylation is 2. The summed E-state index contributed by atoms with van der Waals surface area (Å²) in [5, 5.41) is 8.00. The van der Waals surface area contributed by atoms with Crippen LogP contribution in [0.5, 0.6) is 0 Å². The van der Waals surface area contributed by atoms with Crippen molar-refractivity contribution >= 4 is 33.1 Å². The van der Waals surface area contributed by atoms with E-state index in [1.165, 1.54) is 5.56 Å². The van der Waals surface area contributed by atoms with Crippen LogP contribution in [0.2, 0.25) is 0 Å². The van der Waals surface area contributed by atoms with E-state index in [0.717, 1.165) is 51.4 Å². The Labute approximate surface area is 193 Å². The summed E-state index contributed by atoms with van der Waals surface area (Å²) in [5.41, 5.74) is 4.80. The Morgan fingerprint density at radius 2 is 1.72 bits per heavy atom. The fraction of sp³-hybridized carbons (Fsp3) is 0.259. The first-order valence-electron chi connectivity index (χ1n) is 11.1. The average molecular weight is 444 g/mol. The molecule has 2 aromatic carbocycles. The summed E-state index contributed by atoms with van der Waals surface area (Å²) in [6.07, 6.45) is 2.22. The van der Waals surface area contributed by atoms with Crippen molar-refractivity contribution < 1.29 is 4.79 Å². The van der Waals surface area contributed by atoms with Crippen molar-refractivity contribution in [2.75, 3.05) is 11.9 Å². The number of thiophene rings is 1. The van der Waals surface area contributed by atoms with Gasteiger partial charge in [0.1, 0.15) is 4.83 Å². The van der Waals surface area contributed by atoms with Crippen LogP contribution < -0.4 is 10.6 Å². The summed E-state index contributed by atoms with van der Waals surface area (Å²) in [4.78, 5) is 20.0. The quantitative estimate of drug-likeness (QED) is 0.300. The highest BCUT2D eigenvalue weighted by molar-refractivity contribution is 7.19. The largest absolute Gasteiger partial charge is 0.320 e. The minimum atomic E-state index is -0.105. The molecule has 4 nitrogen and oxygen atoms in total. The number of anilines is 1. The Kier molecular flexibility index (Phi) is 6.98. The smallest absolute Gasteiger partial charge is 0.255 e. The molecule has 2 N–H and O–H groups in total. The molecule has 0 aliphatic rings. The van der Waals surface area contributed by atoms with Crippen molar-refractivity contribution in [1.82, 2.24) is 10.3 Å². The van der Waals surface area contributed by atoms with Gasteiger partial charge in [0, 0.05) is 16.6 Å². The maximum Gasteiger partial charge on any atom is 0.255 e. The summed E-state index contributed by atoms with van der Waals surface area (Å²) >= 11 is 1.66. The van der Waals surface area contributed by atoms with Crippen LogP contribution in [-0.2, 0) is 0 Å². The number of pyridine rings is 1. The summed E-state index contributed by atoms with van der Waals surface area (Å²) < 4.78 is 0. The lowest BCUT2D eigenvalue weighted by Gasteiger charge is -2.20. The van der Waals surface area contributed by atoms with Crippen molar-refractivity contribution in [2.45, 2.75) is 39.7 Å². The number of nitrogens with zero attached hydrogens (tertiary/aromatic N) is 1. The lowest BCUT2D eigenvalue weighted by Crippen LogP contribution is -2.24. The number of unbranched alkanes of at least 4 members (excludes halogenated alkanes) is 1. The highest BCUT2D eigenvalue weighted by atomic mass is 32.1. The van der Waals surface area contributed by atoms with Gasteiger partial charge in [-0.25, -0.2) is 4.98 Å². The highest BCUT2D eigenvalue weighted by Gasteiger charge is 2.25. The first kappa shape index (κ1) is 22.2. The van der Waals surface area contributed by atoms with Gasteiger partial charge in [0.15, 0.2) is 0 Å². The number of hydrogen-bond donors (Lipinski definition) is 2. The third-order valence-electron chi connectivity index (χ3n) is 5.56. The first-order chi connectivity index (χ1) is 15.6. The van der Waals surface area contributed by atoms with E-state index in [2.05, 4.69) is 54.8 Å². The highest BCUT2D eigenvalue weighted by Crippen LogP contribution is 2.42. The van der Waals surface area contributed by atoms with Crippen LogP contribution in [0, 0.1) is 13.8 Å². The van der Waals surface area contributed by atoms with Gasteiger partial charge in [-0.15, -0.1) is 11.3 Å². The topological polar surface area (TPSA) is 54.0 Å². The molecule has 0 aliphatic carbocycles. The third kappa shape index (κ3) is 4.74. The summed E-state index contributed by atoms with van der Waals surface area (Å²) in [5.74, 6) is -0.105. The number of benzene rings is 2. The number of fused-ring (bicyclic) bond motifs is 1. The molecule has 2 heterocycles. The number of rotatable bonds is 8. The fourth-order valence-corrected chi connectivity index (χ4v) is 5.35. The molecule has 0 saturated heterocycles. The molecule has 0 saturated carbocycles. The first-order valence-corrected chi connectivity index (χ1v) is 12.0. The van der Waals surface area contributed by atoms with E-state index in [1.807, 2.05) is 43.3 Å². The molecule has 5 heteroatoms. The average Bonchev–Trinajstić information content (AvgIpc) is 3.15. The van der Waals surface area contributed by atoms with Crippen molar-refractivity contribution in [1.29, 1.82) is 0 Å². The predicted molar refractivity (Wildman–Crippen MR) is 135 cm³/mol. The molecule has 1 atom stereocenters. The number of hydrogen-bond acceptors (Lipinski definition) is 4. The van der Waals surface area contributed by atoms with Crippen molar-refractivity contribution in [2.24, 2.45) is 0 Å². The van der Waals surface area contributed by atoms with Gasteiger partial charge in [0.25, 0.3) is 5.91 Å². The summed E-state index contributed by atoms with van der Waals surface area (Å²) in [6.45, 7) is 7.21. The van der Waals surface area contributed by atoms with Gasteiger partial charge in [-0.2, -0.15) is 0 Å². The van der Waals surface area contributed by atoms with Crippen molar-refractivity contribution in [3.63, 3.8) is 0 Å². The number of carbonyl (C=O) groups is 1. The molecule has 0 fully saturated rings. The molecule has 0 spiro atoms. The third-order valence-corrected chi connectivity index (χ3v) is 6.71. The number of carbonyl (C=O) groups excluding carboxylic acids is 1. The fourth-order valence-electron chi connectivity index (χ4n) is 3.99. The normalized spacial score (nSPS) is 12.1. The molecule has 32 heavy (non-hydrogen) atoms. The molecular weight excluding hydrogens is 414 g/mol. The van der Waals surface area contributed by atoms with Crippen molar-refractivity contribution in [3.8, 4) is 0 Å². The van der Waals surface area contributed by atoms with E-state index in [9.17, 15) is 4.79 Å². The molecule has 2 aromatic heterocycles. The van der Waals surface area contributed by atoms with Gasteiger partial charge in [-0.1, -0.05) is 61.9 Å². The Morgan fingerprint density at radius 1 is 1.03 bits per heavy atom. The van der Waals surface area contributed by atoms with Gasteiger partial charge in [0.2, 0.25) is 0 Å². The van der Waals surface area contributed by atoms with Gasteiger partial charge in [-0.05, 0) is 56.1 Å². The van der Waals surface area contributed by atoms with Crippen molar-refractivity contribution in [3.05, 3.63) is 94.0 Å². The zero-order valence-electron chi connectivity index (χ0n) is 18.8. The maximum absolute atomic E-state index is 13.2. The Balaban J connectivity index is 1.85. The molecule has 0 bridgehead atoms. The van der Waals surface area contributed by atoms with E-state index in [4.69, 9.17) is 4.98 Å². The van der Waals surface area contributed by atoms with E-state index in [1.54, 1.807) is 11.3 Å². The Hall–Kier alpha value is -3.02. The van der Waals surface area contributed by atoms with Crippen LogP contribution in [-0.4, -0.2) is 17.4 Å². The second-order valence-electron chi connectivity index (χ2n) is 8.07. The van der Waals surface area contributed by atoms with Crippen LogP contribution in [0.1, 0.15) is 57.9 Å². The molecule has 164 valence electrons. The molecule has 0 radical (unpaired) electrons. The van der Waals surface area contributed by atoms with Gasteiger partial charge in [0.05, 0.1) is 16.6 Å². The maximum atomic E-state index is 13.2. The van der Waals surface area contributed by atoms with Crippen LogP contribution >= 0.6 is 11.3 Å². The van der Waals surface area contributed by atoms with Crippen LogP contribution in [0.4, 0.5) is 5.69 Å². The number of nitrogens with one attached hydrogen (secondary N) is 2. The SMILES string of the molecule is CCCCN[C@H](c1ccccc1)c1sc2nc(C)cc(C)c2c1NC(=O)c1ccccc1. The zero-order chi connectivity index (χ0) is 22.5. The molecule has 4 rings (SSSR count). The summed E-state index contributed by atoms with van der Waals surface area (Å²) in [6, 6.07) is 21.9. The minimum Gasteiger partial charge on any atom is -0.320 e.